The van der Waals surface area contributed by atoms with Crippen LogP contribution in [0.4, 0.5) is 18.9 Å². The van der Waals surface area contributed by atoms with Crippen LogP contribution in [0, 0.1) is 0 Å². The summed E-state index contributed by atoms with van der Waals surface area (Å²) in [6.07, 6.45) is -5.32. The van der Waals surface area contributed by atoms with Crippen LogP contribution in [-0.2, 0) is 9.53 Å². The number of methoxy groups -OCH3 is 1. The van der Waals surface area contributed by atoms with E-state index in [2.05, 4.69) is 10.1 Å². The minimum Gasteiger partial charge on any atom is -0.497 e. The fourth-order valence-electron chi connectivity index (χ4n) is 1.52. The number of ether oxygens (including phenoxy) is 2. The molecule has 0 heterocycles. The molecule has 0 fully saturated rings. The van der Waals surface area contributed by atoms with Gasteiger partial charge in [0.25, 0.3) is 0 Å². The van der Waals surface area contributed by atoms with Crippen molar-refractivity contribution in [3.8, 4) is 5.75 Å². The molecule has 1 aromatic rings. The predicted molar refractivity (Wildman–Crippen MR) is 67.7 cm³/mol. The zero-order valence-corrected chi connectivity index (χ0v) is 11.2. The molecule has 0 amide bonds. The highest BCUT2D eigenvalue weighted by atomic mass is 19.4. The maximum absolute atomic E-state index is 12.9. The van der Waals surface area contributed by atoms with Gasteiger partial charge in [0, 0.05) is 5.69 Å². The lowest BCUT2D eigenvalue weighted by Gasteiger charge is -2.22. The average Bonchev–Trinajstić information content (AvgIpc) is 2.38. The fraction of sp³-hybridized carbons (Fsp3) is 0.462. The first-order valence-corrected chi connectivity index (χ1v) is 5.99. The maximum Gasteiger partial charge on any atom is 0.409 e. The fourth-order valence-corrected chi connectivity index (χ4v) is 1.52. The van der Waals surface area contributed by atoms with E-state index in [1.54, 1.807) is 0 Å². The molecule has 0 spiro atoms. The zero-order chi connectivity index (χ0) is 15.2. The number of hydrogen-bond acceptors (Lipinski definition) is 4. The molecule has 0 aromatic heterocycles. The van der Waals surface area contributed by atoms with E-state index in [9.17, 15) is 18.0 Å². The summed E-state index contributed by atoms with van der Waals surface area (Å²) in [5, 5.41) is 2.28. The van der Waals surface area contributed by atoms with Gasteiger partial charge in [-0.2, -0.15) is 13.2 Å². The highest BCUT2D eigenvalue weighted by Crippen LogP contribution is 2.27. The van der Waals surface area contributed by atoms with E-state index in [1.165, 1.54) is 38.3 Å². The molecule has 4 nitrogen and oxygen atoms in total. The number of halogens is 3. The summed E-state index contributed by atoms with van der Waals surface area (Å²) in [5.74, 6) is -0.361. The average molecular weight is 291 g/mol. The molecule has 0 saturated heterocycles. The third-order valence-corrected chi connectivity index (χ3v) is 2.50. The number of alkyl halides is 3. The lowest BCUT2D eigenvalue weighted by Crippen LogP contribution is -2.38. The van der Waals surface area contributed by atoms with Crippen LogP contribution in [-0.4, -0.2) is 31.9 Å². The Bertz CT molecular complexity index is 431. The molecule has 0 radical (unpaired) electrons. The molecule has 1 atom stereocenters. The van der Waals surface area contributed by atoms with E-state index in [0.29, 0.717) is 5.75 Å². The molecule has 112 valence electrons. The number of esters is 1. The van der Waals surface area contributed by atoms with Crippen molar-refractivity contribution in [3.05, 3.63) is 24.3 Å². The van der Waals surface area contributed by atoms with E-state index in [0.717, 1.165) is 0 Å². The summed E-state index contributed by atoms with van der Waals surface area (Å²) in [4.78, 5) is 11.2. The van der Waals surface area contributed by atoms with Crippen LogP contribution in [0.25, 0.3) is 0 Å². The number of rotatable bonds is 6. The topological polar surface area (TPSA) is 47.6 Å². The van der Waals surface area contributed by atoms with Gasteiger partial charge < -0.3 is 14.8 Å². The lowest BCUT2D eigenvalue weighted by molar-refractivity contribution is -0.161. The van der Waals surface area contributed by atoms with Gasteiger partial charge in [0.15, 0.2) is 0 Å². The number of hydrogen-bond donors (Lipinski definition) is 1. The highest BCUT2D eigenvalue weighted by molar-refractivity contribution is 5.71. The largest absolute Gasteiger partial charge is 0.497 e. The number of carbonyl (C=O) groups is 1. The summed E-state index contributed by atoms with van der Waals surface area (Å²) in [6, 6.07) is 3.96. The minimum absolute atomic E-state index is 0.0476. The quantitative estimate of drug-likeness (QED) is 0.819. The van der Waals surface area contributed by atoms with Crippen molar-refractivity contribution in [2.24, 2.45) is 0 Å². The highest BCUT2D eigenvalue weighted by Gasteiger charge is 2.41. The summed E-state index contributed by atoms with van der Waals surface area (Å²) in [5.41, 5.74) is 0.248. The summed E-state index contributed by atoms with van der Waals surface area (Å²) in [6.45, 7) is 1.59. The van der Waals surface area contributed by atoms with Crippen molar-refractivity contribution in [1.29, 1.82) is 0 Å². The Balaban J connectivity index is 2.76. The number of benzene rings is 1. The number of nitrogens with one attached hydrogen (secondary N) is 1. The normalized spacial score (nSPS) is 12.7. The van der Waals surface area contributed by atoms with E-state index in [1.807, 2.05) is 0 Å². The van der Waals surface area contributed by atoms with Crippen LogP contribution in [0.2, 0.25) is 0 Å². The molecule has 0 saturated carbocycles. The van der Waals surface area contributed by atoms with E-state index in [4.69, 9.17) is 4.74 Å². The summed E-state index contributed by atoms with van der Waals surface area (Å²) < 4.78 is 48.0. The molecule has 0 bridgehead atoms. The predicted octanol–water partition coefficient (Wildman–Crippen LogP) is 2.99. The molecule has 1 N–H and O–H groups in total. The first kappa shape index (κ1) is 16.1. The molecule has 1 aromatic carbocycles. The molecule has 0 aliphatic carbocycles. The van der Waals surface area contributed by atoms with Crippen LogP contribution in [0.3, 0.4) is 0 Å². The van der Waals surface area contributed by atoms with Crippen LogP contribution in [0.5, 0.6) is 5.75 Å². The first-order chi connectivity index (χ1) is 9.36. The van der Waals surface area contributed by atoms with Gasteiger partial charge in [0.2, 0.25) is 0 Å². The van der Waals surface area contributed by atoms with Crippen LogP contribution in [0.15, 0.2) is 24.3 Å². The Hall–Kier alpha value is -1.92. The lowest BCUT2D eigenvalue weighted by atomic mass is 10.2. The smallest absolute Gasteiger partial charge is 0.409 e. The molecule has 0 unspecified atom stereocenters. The zero-order valence-electron chi connectivity index (χ0n) is 11.2. The van der Waals surface area contributed by atoms with Crippen LogP contribution >= 0.6 is 0 Å². The third-order valence-electron chi connectivity index (χ3n) is 2.50. The van der Waals surface area contributed by atoms with Gasteiger partial charge in [-0.05, 0) is 31.2 Å². The standard InChI is InChI=1S/C13H16F3NO3/c1-3-20-12(18)8-11(13(14,15)16)17-9-4-6-10(19-2)7-5-9/h4-7,11,17H,3,8H2,1-2H3/t11-/m1/s1. The molecular weight excluding hydrogens is 275 g/mol. The molecule has 0 aliphatic rings. The summed E-state index contributed by atoms with van der Waals surface area (Å²) in [7, 11) is 1.46. The second-order valence-electron chi connectivity index (χ2n) is 3.98. The molecule has 7 heteroatoms. The number of carbonyl (C=O) groups excluding carboxylic acids is 1. The van der Waals surface area contributed by atoms with Gasteiger partial charge in [-0.3, -0.25) is 4.79 Å². The molecule has 20 heavy (non-hydrogen) atoms. The number of anilines is 1. The SMILES string of the molecule is CCOC(=O)C[C@@H](Nc1ccc(OC)cc1)C(F)(F)F. The Morgan fingerprint density at radius 1 is 1.30 bits per heavy atom. The van der Waals surface area contributed by atoms with Gasteiger partial charge in [-0.1, -0.05) is 0 Å². The van der Waals surface area contributed by atoms with Crippen molar-refractivity contribution in [2.45, 2.75) is 25.6 Å². The van der Waals surface area contributed by atoms with Crippen molar-refractivity contribution < 1.29 is 27.4 Å². The first-order valence-electron chi connectivity index (χ1n) is 5.99. The molecule has 1 rings (SSSR count). The molecular formula is C13H16F3NO3. The van der Waals surface area contributed by atoms with Gasteiger partial charge >= 0.3 is 12.1 Å². The second-order valence-corrected chi connectivity index (χ2v) is 3.98. The summed E-state index contributed by atoms with van der Waals surface area (Å²) >= 11 is 0. The van der Waals surface area contributed by atoms with Gasteiger partial charge in [0.1, 0.15) is 11.8 Å². The van der Waals surface area contributed by atoms with Crippen LogP contribution < -0.4 is 10.1 Å². The second kappa shape index (κ2) is 7.02. The van der Waals surface area contributed by atoms with Crippen molar-refractivity contribution in [2.75, 3.05) is 19.0 Å². The van der Waals surface area contributed by atoms with Gasteiger partial charge in [-0.25, -0.2) is 0 Å². The van der Waals surface area contributed by atoms with Gasteiger partial charge in [-0.15, -0.1) is 0 Å². The van der Waals surface area contributed by atoms with E-state index in [-0.39, 0.29) is 12.3 Å². The third kappa shape index (κ3) is 4.99. The maximum atomic E-state index is 12.9. The Labute approximate surface area is 114 Å². The Morgan fingerprint density at radius 3 is 2.35 bits per heavy atom. The van der Waals surface area contributed by atoms with E-state index < -0.39 is 24.6 Å². The molecule has 0 aliphatic heterocycles. The van der Waals surface area contributed by atoms with E-state index >= 15 is 0 Å². The van der Waals surface area contributed by atoms with Crippen molar-refractivity contribution >= 4 is 11.7 Å². The minimum atomic E-state index is -4.55. The Kier molecular flexibility index (Phi) is 5.66. The van der Waals surface area contributed by atoms with Gasteiger partial charge in [0.05, 0.1) is 20.1 Å². The monoisotopic (exact) mass is 291 g/mol. The Morgan fingerprint density at radius 2 is 1.90 bits per heavy atom. The van der Waals surface area contributed by atoms with Crippen LogP contribution in [0.1, 0.15) is 13.3 Å². The van der Waals surface area contributed by atoms with Crippen molar-refractivity contribution in [1.82, 2.24) is 0 Å². The van der Waals surface area contributed by atoms with Crippen molar-refractivity contribution in [3.63, 3.8) is 0 Å².